The number of hydrogen-bond donors (Lipinski definition) is 0. The van der Waals surface area contributed by atoms with Crippen LogP contribution in [0.15, 0.2) is 0 Å². The van der Waals surface area contributed by atoms with Crippen molar-refractivity contribution in [3.63, 3.8) is 0 Å². The lowest BCUT2D eigenvalue weighted by atomic mass is 9.82. The van der Waals surface area contributed by atoms with E-state index in [0.717, 1.165) is 0 Å². The lowest BCUT2D eigenvalue weighted by molar-refractivity contribution is -0.760. The van der Waals surface area contributed by atoms with Gasteiger partial charge in [-0.25, -0.2) is 4.79 Å². The van der Waals surface area contributed by atoms with E-state index in [1.807, 2.05) is 0 Å². The molecule has 0 saturated carbocycles. The molecule has 0 aliphatic heterocycles. The van der Waals surface area contributed by atoms with Gasteiger partial charge in [0.15, 0.2) is 0 Å². The fourth-order valence-corrected chi connectivity index (χ4v) is 1.89. The lowest BCUT2D eigenvalue weighted by Gasteiger charge is -2.33. The van der Waals surface area contributed by atoms with E-state index in [1.54, 1.807) is 27.7 Å². The minimum Gasteiger partial charge on any atom is -0.448 e. The Kier molecular flexibility index (Phi) is 4.99. The zero-order chi connectivity index (χ0) is 13.0. The Balaban J connectivity index is 4.32. The minimum absolute atomic E-state index is 0.0662. The molecule has 0 spiro atoms. The molecule has 0 radical (unpaired) electrons. The quantitative estimate of drug-likeness (QED) is 0.413. The molecule has 0 aromatic rings. The summed E-state index contributed by atoms with van der Waals surface area (Å²) in [5.74, 6) is 0. The predicted molar refractivity (Wildman–Crippen MR) is 57.8 cm³/mol. The van der Waals surface area contributed by atoms with Crippen molar-refractivity contribution in [3.05, 3.63) is 10.1 Å². The first-order valence-corrected chi connectivity index (χ1v) is 5.08. The van der Waals surface area contributed by atoms with Crippen molar-refractivity contribution >= 4 is 17.0 Å². The zero-order valence-electron chi connectivity index (χ0n) is 9.78. The molecular weight excluding hydrogens is 238 g/mol. The Bertz CT molecular complexity index is 277. The maximum Gasteiger partial charge on any atom is 0.404 e. The second kappa shape index (κ2) is 5.34. The maximum absolute atomic E-state index is 10.6. The number of halogens is 1. The van der Waals surface area contributed by atoms with Gasteiger partial charge in [0.25, 0.3) is 5.09 Å². The van der Waals surface area contributed by atoms with Gasteiger partial charge >= 0.3 is 5.43 Å². The molecule has 0 aliphatic carbocycles. The summed E-state index contributed by atoms with van der Waals surface area (Å²) in [5.41, 5.74) is -2.18. The van der Waals surface area contributed by atoms with Crippen LogP contribution in [0.3, 0.4) is 0 Å². The Morgan fingerprint density at radius 2 is 1.88 bits per heavy atom. The van der Waals surface area contributed by atoms with Crippen molar-refractivity contribution in [3.8, 4) is 0 Å². The Labute approximate surface area is 99.0 Å². The summed E-state index contributed by atoms with van der Waals surface area (Å²) in [7, 11) is 0. The molecule has 0 aliphatic rings. The van der Waals surface area contributed by atoms with E-state index in [9.17, 15) is 14.9 Å². The van der Waals surface area contributed by atoms with Crippen LogP contribution >= 0.6 is 11.6 Å². The Morgan fingerprint density at radius 3 is 2.25 bits per heavy atom. The van der Waals surface area contributed by atoms with Gasteiger partial charge < -0.3 is 9.57 Å². The van der Waals surface area contributed by atoms with Crippen LogP contribution in [0.4, 0.5) is 4.79 Å². The molecule has 0 aromatic carbocycles. The van der Waals surface area contributed by atoms with Crippen LogP contribution < -0.4 is 0 Å². The number of carbonyl (C=O) groups excluding carboxylic acids is 1. The fraction of sp³-hybridized carbons (Fsp3) is 0.889. The third-order valence-corrected chi connectivity index (χ3v) is 1.90. The van der Waals surface area contributed by atoms with Crippen molar-refractivity contribution in [1.82, 2.24) is 0 Å². The van der Waals surface area contributed by atoms with Gasteiger partial charge in [0.2, 0.25) is 0 Å². The molecule has 0 amide bonds. The van der Waals surface area contributed by atoms with Gasteiger partial charge in [-0.2, -0.15) is 0 Å². The lowest BCUT2D eigenvalue weighted by Crippen LogP contribution is -2.35. The summed E-state index contributed by atoms with van der Waals surface area (Å²) in [6.07, 6.45) is 0.395. The number of rotatable bonds is 6. The zero-order valence-corrected chi connectivity index (χ0v) is 10.5. The van der Waals surface area contributed by atoms with Crippen LogP contribution in [0.2, 0.25) is 0 Å². The smallest absolute Gasteiger partial charge is 0.404 e. The van der Waals surface area contributed by atoms with Crippen molar-refractivity contribution in [2.75, 3.05) is 6.61 Å². The Morgan fingerprint density at radius 1 is 1.38 bits per heavy atom. The standard InChI is InChI=1S/C9H16ClNO5/c1-8(2,6-15-11(13)14)5-9(3,4)16-7(10)12/h5-6H2,1-4H3. The molecule has 0 saturated heterocycles. The molecule has 6 nitrogen and oxygen atoms in total. The van der Waals surface area contributed by atoms with Gasteiger partial charge in [0.1, 0.15) is 12.2 Å². The average molecular weight is 254 g/mol. The third kappa shape index (κ3) is 7.28. The van der Waals surface area contributed by atoms with E-state index < -0.39 is 21.5 Å². The first-order valence-electron chi connectivity index (χ1n) is 4.70. The molecule has 16 heavy (non-hydrogen) atoms. The highest BCUT2D eigenvalue weighted by Gasteiger charge is 2.32. The molecule has 94 valence electrons. The van der Waals surface area contributed by atoms with Crippen LogP contribution in [0.5, 0.6) is 0 Å². The first kappa shape index (κ1) is 15.0. The fourth-order valence-electron chi connectivity index (χ4n) is 1.68. The number of hydrogen-bond acceptors (Lipinski definition) is 5. The average Bonchev–Trinajstić information content (AvgIpc) is 1.95. The van der Waals surface area contributed by atoms with Crippen LogP contribution in [-0.2, 0) is 9.57 Å². The van der Waals surface area contributed by atoms with E-state index >= 15 is 0 Å². The van der Waals surface area contributed by atoms with E-state index in [4.69, 9.17) is 16.3 Å². The van der Waals surface area contributed by atoms with Gasteiger partial charge in [-0.15, -0.1) is 10.1 Å². The summed E-state index contributed by atoms with van der Waals surface area (Å²) >= 11 is 5.12. The topological polar surface area (TPSA) is 78.7 Å². The van der Waals surface area contributed by atoms with Gasteiger partial charge in [0, 0.05) is 11.6 Å². The van der Waals surface area contributed by atoms with Gasteiger partial charge in [0.05, 0.1) is 0 Å². The number of ether oxygens (including phenoxy) is 1. The van der Waals surface area contributed by atoms with Crippen LogP contribution in [0.25, 0.3) is 0 Å². The van der Waals surface area contributed by atoms with E-state index in [2.05, 4.69) is 4.84 Å². The molecule has 0 bridgehead atoms. The summed E-state index contributed by atoms with van der Waals surface area (Å²) in [6.45, 7) is 6.85. The summed E-state index contributed by atoms with van der Waals surface area (Å²) in [4.78, 5) is 25.0. The van der Waals surface area contributed by atoms with Crippen LogP contribution in [0, 0.1) is 15.5 Å². The molecular formula is C9H16ClNO5. The van der Waals surface area contributed by atoms with Crippen LogP contribution in [-0.4, -0.2) is 22.7 Å². The Hall–Kier alpha value is -1.04. The SMILES string of the molecule is CC(C)(CO[N+](=O)[O-])CC(C)(C)OC(=O)Cl. The van der Waals surface area contributed by atoms with Crippen molar-refractivity contribution < 1.29 is 19.5 Å². The highest BCUT2D eigenvalue weighted by Crippen LogP contribution is 2.31. The molecule has 0 unspecified atom stereocenters. The second-order valence-corrected chi connectivity index (χ2v) is 5.25. The molecule has 0 rings (SSSR count). The molecule has 0 fully saturated rings. The normalized spacial score (nSPS) is 12.1. The highest BCUT2D eigenvalue weighted by atomic mass is 35.5. The highest BCUT2D eigenvalue weighted by molar-refractivity contribution is 6.61. The minimum atomic E-state index is -0.893. The predicted octanol–water partition coefficient (Wildman–Crippen LogP) is 2.77. The molecule has 0 aromatic heterocycles. The van der Waals surface area contributed by atoms with E-state index in [-0.39, 0.29) is 6.61 Å². The molecule has 0 heterocycles. The van der Waals surface area contributed by atoms with Crippen molar-refractivity contribution in [2.45, 2.75) is 39.7 Å². The third-order valence-electron chi connectivity index (χ3n) is 1.82. The molecule has 0 N–H and O–H groups in total. The van der Waals surface area contributed by atoms with Crippen molar-refractivity contribution in [1.29, 1.82) is 0 Å². The number of nitrogens with zero attached hydrogens (tertiary/aromatic N) is 1. The second-order valence-electron chi connectivity index (χ2n) is 4.94. The van der Waals surface area contributed by atoms with E-state index in [1.165, 1.54) is 0 Å². The molecule has 0 atom stereocenters. The maximum atomic E-state index is 10.6. The van der Waals surface area contributed by atoms with Gasteiger partial charge in [-0.05, 0) is 25.7 Å². The van der Waals surface area contributed by atoms with E-state index in [0.29, 0.717) is 6.42 Å². The summed E-state index contributed by atoms with van der Waals surface area (Å²) in [6, 6.07) is 0. The van der Waals surface area contributed by atoms with Gasteiger partial charge in [-0.3, -0.25) is 0 Å². The van der Waals surface area contributed by atoms with Crippen molar-refractivity contribution in [2.24, 2.45) is 5.41 Å². The summed E-state index contributed by atoms with van der Waals surface area (Å²) in [5, 5.41) is 9.22. The number of carbonyl (C=O) groups is 1. The molecule has 7 heteroatoms. The van der Waals surface area contributed by atoms with Crippen LogP contribution in [0.1, 0.15) is 34.1 Å². The largest absolute Gasteiger partial charge is 0.448 e. The monoisotopic (exact) mass is 253 g/mol. The van der Waals surface area contributed by atoms with Gasteiger partial charge in [-0.1, -0.05) is 13.8 Å². The summed E-state index contributed by atoms with van der Waals surface area (Å²) < 4.78 is 4.88. The first-order chi connectivity index (χ1) is 7.04.